The summed E-state index contributed by atoms with van der Waals surface area (Å²) in [4.78, 5) is 11.8. The molecule has 0 unspecified atom stereocenters. The van der Waals surface area contributed by atoms with Crippen molar-refractivity contribution in [3.63, 3.8) is 0 Å². The van der Waals surface area contributed by atoms with E-state index in [-0.39, 0.29) is 12.6 Å². The van der Waals surface area contributed by atoms with E-state index in [0.717, 1.165) is 10.0 Å². The van der Waals surface area contributed by atoms with E-state index in [1.807, 2.05) is 30.3 Å². The number of hydrogen-bond donors (Lipinski definition) is 1. The smallest absolute Gasteiger partial charge is 0.338 e. The molecule has 0 saturated carbocycles. The summed E-state index contributed by atoms with van der Waals surface area (Å²) in [7, 11) is 0. The van der Waals surface area contributed by atoms with Gasteiger partial charge in [0.2, 0.25) is 0 Å². The first kappa shape index (κ1) is 12.6. The summed E-state index contributed by atoms with van der Waals surface area (Å²) in [5.74, 6) is -0.377. The van der Waals surface area contributed by atoms with Gasteiger partial charge in [0, 0.05) is 10.2 Å². The van der Waals surface area contributed by atoms with Crippen molar-refractivity contribution in [2.24, 2.45) is 0 Å². The standard InChI is InChI=1S/C14H12BrNO2/c15-12-7-6-11(8-13(12)16)14(17)18-9-10-4-2-1-3-5-10/h1-8H,9,16H2. The summed E-state index contributed by atoms with van der Waals surface area (Å²) in [5.41, 5.74) is 7.63. The predicted molar refractivity (Wildman–Crippen MR) is 74.1 cm³/mol. The molecule has 0 aromatic heterocycles. The van der Waals surface area contributed by atoms with Gasteiger partial charge in [0.15, 0.2) is 0 Å². The molecule has 0 spiro atoms. The van der Waals surface area contributed by atoms with Crippen LogP contribution in [0.4, 0.5) is 5.69 Å². The van der Waals surface area contributed by atoms with Crippen LogP contribution in [0.15, 0.2) is 53.0 Å². The lowest BCUT2D eigenvalue weighted by Gasteiger charge is -2.06. The summed E-state index contributed by atoms with van der Waals surface area (Å²) >= 11 is 3.28. The van der Waals surface area contributed by atoms with Crippen molar-refractivity contribution in [1.82, 2.24) is 0 Å². The summed E-state index contributed by atoms with van der Waals surface area (Å²) in [6.45, 7) is 0.260. The second kappa shape index (κ2) is 5.69. The molecule has 0 radical (unpaired) electrons. The van der Waals surface area contributed by atoms with E-state index in [4.69, 9.17) is 10.5 Å². The van der Waals surface area contributed by atoms with Crippen LogP contribution in [0.25, 0.3) is 0 Å². The van der Waals surface area contributed by atoms with Gasteiger partial charge in [-0.1, -0.05) is 30.3 Å². The number of carbonyl (C=O) groups is 1. The van der Waals surface area contributed by atoms with E-state index in [9.17, 15) is 4.79 Å². The Labute approximate surface area is 114 Å². The van der Waals surface area contributed by atoms with Gasteiger partial charge in [-0.25, -0.2) is 4.79 Å². The highest BCUT2D eigenvalue weighted by Crippen LogP contribution is 2.20. The highest BCUT2D eigenvalue weighted by Gasteiger charge is 2.08. The highest BCUT2D eigenvalue weighted by atomic mass is 79.9. The van der Waals surface area contributed by atoms with Gasteiger partial charge in [0.25, 0.3) is 0 Å². The third kappa shape index (κ3) is 3.11. The number of nitrogen functional groups attached to an aromatic ring is 1. The quantitative estimate of drug-likeness (QED) is 0.698. The molecule has 0 heterocycles. The third-order valence-corrected chi connectivity index (χ3v) is 3.17. The van der Waals surface area contributed by atoms with Crippen LogP contribution in [-0.2, 0) is 11.3 Å². The summed E-state index contributed by atoms with van der Waals surface area (Å²) in [6.07, 6.45) is 0. The minimum Gasteiger partial charge on any atom is -0.457 e. The molecule has 0 bridgehead atoms. The normalized spacial score (nSPS) is 10.1. The molecule has 0 amide bonds. The Morgan fingerprint density at radius 1 is 1.17 bits per heavy atom. The van der Waals surface area contributed by atoms with E-state index >= 15 is 0 Å². The van der Waals surface area contributed by atoms with E-state index in [1.54, 1.807) is 18.2 Å². The number of esters is 1. The molecule has 2 N–H and O–H groups in total. The Balaban J connectivity index is 2.02. The molecule has 0 aliphatic carbocycles. The molecule has 2 aromatic rings. The van der Waals surface area contributed by atoms with Crippen LogP contribution in [0, 0.1) is 0 Å². The first-order chi connectivity index (χ1) is 8.66. The van der Waals surface area contributed by atoms with Gasteiger partial charge in [-0.3, -0.25) is 0 Å². The molecule has 92 valence electrons. The van der Waals surface area contributed by atoms with Gasteiger partial charge < -0.3 is 10.5 Å². The van der Waals surface area contributed by atoms with Gasteiger partial charge in [-0.05, 0) is 39.7 Å². The number of hydrogen-bond acceptors (Lipinski definition) is 3. The van der Waals surface area contributed by atoms with Crippen LogP contribution >= 0.6 is 15.9 Å². The van der Waals surface area contributed by atoms with E-state index in [0.29, 0.717) is 11.3 Å². The zero-order chi connectivity index (χ0) is 13.0. The second-order valence-electron chi connectivity index (χ2n) is 3.80. The Morgan fingerprint density at radius 2 is 1.89 bits per heavy atom. The minimum atomic E-state index is -0.377. The molecular formula is C14H12BrNO2. The van der Waals surface area contributed by atoms with Crippen LogP contribution in [0.5, 0.6) is 0 Å². The van der Waals surface area contributed by atoms with Crippen molar-refractivity contribution in [1.29, 1.82) is 0 Å². The molecule has 0 aliphatic rings. The van der Waals surface area contributed by atoms with Crippen molar-refractivity contribution in [3.05, 3.63) is 64.1 Å². The van der Waals surface area contributed by atoms with Gasteiger partial charge in [-0.15, -0.1) is 0 Å². The highest BCUT2D eigenvalue weighted by molar-refractivity contribution is 9.10. The molecule has 0 aliphatic heterocycles. The van der Waals surface area contributed by atoms with Crippen LogP contribution in [0.2, 0.25) is 0 Å². The fourth-order valence-electron chi connectivity index (χ4n) is 1.48. The van der Waals surface area contributed by atoms with E-state index < -0.39 is 0 Å². The number of benzene rings is 2. The van der Waals surface area contributed by atoms with Crippen LogP contribution < -0.4 is 5.73 Å². The molecular weight excluding hydrogens is 294 g/mol. The molecule has 0 saturated heterocycles. The van der Waals surface area contributed by atoms with Gasteiger partial charge in [0.1, 0.15) is 6.61 Å². The fourth-order valence-corrected chi connectivity index (χ4v) is 1.72. The van der Waals surface area contributed by atoms with Gasteiger partial charge in [0.05, 0.1) is 5.56 Å². The van der Waals surface area contributed by atoms with Crippen molar-refractivity contribution < 1.29 is 9.53 Å². The summed E-state index contributed by atoms with van der Waals surface area (Å²) in [5, 5.41) is 0. The van der Waals surface area contributed by atoms with E-state index in [2.05, 4.69) is 15.9 Å². The molecule has 2 aromatic carbocycles. The zero-order valence-corrected chi connectivity index (χ0v) is 11.2. The number of ether oxygens (including phenoxy) is 1. The van der Waals surface area contributed by atoms with E-state index in [1.165, 1.54) is 0 Å². The largest absolute Gasteiger partial charge is 0.457 e. The maximum atomic E-state index is 11.8. The third-order valence-electron chi connectivity index (χ3n) is 2.44. The SMILES string of the molecule is Nc1cc(C(=O)OCc2ccccc2)ccc1Br. The van der Waals surface area contributed by atoms with Crippen molar-refractivity contribution in [2.45, 2.75) is 6.61 Å². The van der Waals surface area contributed by atoms with Crippen molar-refractivity contribution in [2.75, 3.05) is 5.73 Å². The lowest BCUT2D eigenvalue weighted by Crippen LogP contribution is -2.05. The minimum absolute atomic E-state index is 0.260. The van der Waals surface area contributed by atoms with Gasteiger partial charge >= 0.3 is 5.97 Å². The Hall–Kier alpha value is -1.81. The van der Waals surface area contributed by atoms with Gasteiger partial charge in [-0.2, -0.15) is 0 Å². The number of carbonyl (C=O) groups excluding carboxylic acids is 1. The molecule has 3 nitrogen and oxygen atoms in total. The summed E-state index contributed by atoms with van der Waals surface area (Å²) < 4.78 is 5.97. The van der Waals surface area contributed by atoms with Crippen LogP contribution in [0.3, 0.4) is 0 Å². The fraction of sp³-hybridized carbons (Fsp3) is 0.0714. The number of anilines is 1. The zero-order valence-electron chi connectivity index (χ0n) is 9.60. The Kier molecular flexibility index (Phi) is 3.99. The first-order valence-electron chi connectivity index (χ1n) is 5.43. The monoisotopic (exact) mass is 305 g/mol. The maximum Gasteiger partial charge on any atom is 0.338 e. The number of nitrogens with two attached hydrogens (primary N) is 1. The number of halogens is 1. The molecule has 0 fully saturated rings. The Morgan fingerprint density at radius 3 is 2.56 bits per heavy atom. The van der Waals surface area contributed by atoms with Crippen LogP contribution in [-0.4, -0.2) is 5.97 Å². The molecule has 4 heteroatoms. The number of rotatable bonds is 3. The summed E-state index contributed by atoms with van der Waals surface area (Å²) in [6, 6.07) is 14.5. The molecule has 18 heavy (non-hydrogen) atoms. The average Bonchev–Trinajstić information content (AvgIpc) is 2.40. The topological polar surface area (TPSA) is 52.3 Å². The Bertz CT molecular complexity index is 555. The lowest BCUT2D eigenvalue weighted by atomic mass is 10.2. The first-order valence-corrected chi connectivity index (χ1v) is 6.22. The maximum absolute atomic E-state index is 11.8. The average molecular weight is 306 g/mol. The van der Waals surface area contributed by atoms with Crippen molar-refractivity contribution in [3.8, 4) is 0 Å². The van der Waals surface area contributed by atoms with Crippen molar-refractivity contribution >= 4 is 27.6 Å². The molecule has 2 rings (SSSR count). The predicted octanol–water partition coefficient (Wildman–Crippen LogP) is 3.39. The molecule has 0 atom stereocenters. The second-order valence-corrected chi connectivity index (χ2v) is 4.65. The lowest BCUT2D eigenvalue weighted by molar-refractivity contribution is 0.0473. The van der Waals surface area contributed by atoms with Crippen LogP contribution in [0.1, 0.15) is 15.9 Å².